The van der Waals surface area contributed by atoms with Crippen LogP contribution in [0.3, 0.4) is 0 Å². The van der Waals surface area contributed by atoms with E-state index in [4.69, 9.17) is 4.74 Å². The molecule has 1 heterocycles. The summed E-state index contributed by atoms with van der Waals surface area (Å²) in [5.41, 5.74) is 2.17. The zero-order chi connectivity index (χ0) is 24.3. The van der Waals surface area contributed by atoms with Gasteiger partial charge in [0, 0.05) is 16.6 Å². The molecular formula is C26H31BrN2O4. The lowest BCUT2D eigenvalue weighted by Crippen LogP contribution is -2.32. The Bertz CT molecular complexity index is 1060. The molecule has 1 saturated heterocycles. The number of Topliss-reactive ketones (excluding diaryl/α,β-unsaturated/α-hetero) is 1. The highest BCUT2D eigenvalue weighted by atomic mass is 79.9. The molecule has 2 aromatic rings. The molecule has 0 saturated carbocycles. The molecule has 1 fully saturated rings. The van der Waals surface area contributed by atoms with Gasteiger partial charge in [0.2, 0.25) is 0 Å². The number of amides is 1. The minimum Gasteiger partial charge on any atom is -0.507 e. The number of aliphatic hydroxyl groups excluding tert-OH is 1. The maximum absolute atomic E-state index is 13.1. The number of benzene rings is 2. The van der Waals surface area contributed by atoms with E-state index in [-0.39, 0.29) is 17.4 Å². The van der Waals surface area contributed by atoms with Gasteiger partial charge in [-0.25, -0.2) is 0 Å². The van der Waals surface area contributed by atoms with Gasteiger partial charge in [-0.05, 0) is 89.3 Å². The average Bonchev–Trinajstić information content (AvgIpc) is 2.98. The van der Waals surface area contributed by atoms with Gasteiger partial charge in [-0.15, -0.1) is 0 Å². The highest BCUT2D eigenvalue weighted by Crippen LogP contribution is 2.40. The molecule has 3 rings (SSSR count). The number of carbonyl (C=O) groups is 2. The molecule has 1 atom stereocenters. The summed E-state index contributed by atoms with van der Waals surface area (Å²) in [6.45, 7) is 6.94. The standard InChI is InChI=1S/C26H31BrN2O4/c1-16(2)33-20-11-12-21(17(3)15-20)24(30)22-23(18-7-9-19(27)10-8-18)29(26(32)25(22)31)14-6-13-28(4)5/h7-12,15-16,23,30H,6,13-14H2,1-5H3. The number of rotatable bonds is 8. The second kappa shape index (κ2) is 10.5. The predicted molar refractivity (Wildman–Crippen MR) is 133 cm³/mol. The van der Waals surface area contributed by atoms with Crippen molar-refractivity contribution >= 4 is 33.4 Å². The van der Waals surface area contributed by atoms with Crippen molar-refractivity contribution in [1.82, 2.24) is 9.80 Å². The Hall–Kier alpha value is -2.64. The molecule has 33 heavy (non-hydrogen) atoms. The first-order chi connectivity index (χ1) is 15.6. The molecule has 0 bridgehead atoms. The number of likely N-dealkylation sites (tertiary alicyclic amines) is 1. The first-order valence-corrected chi connectivity index (χ1v) is 11.9. The van der Waals surface area contributed by atoms with Crippen molar-refractivity contribution in [2.45, 2.75) is 39.3 Å². The number of hydrogen-bond donors (Lipinski definition) is 1. The highest BCUT2D eigenvalue weighted by Gasteiger charge is 2.45. The minimum atomic E-state index is -0.660. The third-order valence-electron chi connectivity index (χ3n) is 5.55. The molecule has 1 aliphatic rings. The number of ketones is 1. The van der Waals surface area contributed by atoms with E-state index in [9.17, 15) is 14.7 Å². The Morgan fingerprint density at radius 3 is 2.39 bits per heavy atom. The Balaban J connectivity index is 2.08. The Morgan fingerprint density at radius 1 is 1.15 bits per heavy atom. The zero-order valence-electron chi connectivity index (χ0n) is 19.8. The van der Waals surface area contributed by atoms with Gasteiger partial charge in [0.1, 0.15) is 11.5 Å². The summed E-state index contributed by atoms with van der Waals surface area (Å²) in [4.78, 5) is 29.8. The molecule has 0 aliphatic carbocycles. The fourth-order valence-corrected chi connectivity index (χ4v) is 4.32. The van der Waals surface area contributed by atoms with Crippen LogP contribution in [-0.2, 0) is 9.59 Å². The van der Waals surface area contributed by atoms with E-state index in [1.165, 1.54) is 0 Å². The summed E-state index contributed by atoms with van der Waals surface area (Å²) >= 11 is 3.44. The molecule has 0 spiro atoms. The van der Waals surface area contributed by atoms with Gasteiger partial charge >= 0.3 is 0 Å². The van der Waals surface area contributed by atoms with E-state index >= 15 is 0 Å². The lowest BCUT2D eigenvalue weighted by Gasteiger charge is -2.26. The molecule has 1 aliphatic heterocycles. The van der Waals surface area contributed by atoms with Crippen LogP contribution in [0.25, 0.3) is 5.76 Å². The van der Waals surface area contributed by atoms with Crippen molar-refractivity contribution in [2.24, 2.45) is 0 Å². The maximum atomic E-state index is 13.1. The van der Waals surface area contributed by atoms with Gasteiger partial charge in [-0.2, -0.15) is 0 Å². The normalized spacial score (nSPS) is 17.9. The van der Waals surface area contributed by atoms with E-state index in [1.54, 1.807) is 17.0 Å². The number of nitrogens with zero attached hydrogens (tertiary/aromatic N) is 2. The first kappa shape index (κ1) is 25.0. The van der Waals surface area contributed by atoms with Crippen LogP contribution in [0.5, 0.6) is 5.75 Å². The zero-order valence-corrected chi connectivity index (χ0v) is 21.3. The van der Waals surface area contributed by atoms with E-state index in [2.05, 4.69) is 15.9 Å². The van der Waals surface area contributed by atoms with Crippen LogP contribution in [0, 0.1) is 6.92 Å². The third kappa shape index (κ3) is 5.65. The molecular weight excluding hydrogens is 484 g/mol. The summed E-state index contributed by atoms with van der Waals surface area (Å²) in [6, 6.07) is 12.2. The van der Waals surface area contributed by atoms with Gasteiger partial charge in [0.25, 0.3) is 11.7 Å². The summed E-state index contributed by atoms with van der Waals surface area (Å²) in [6.07, 6.45) is 0.738. The predicted octanol–water partition coefficient (Wildman–Crippen LogP) is 4.92. The van der Waals surface area contributed by atoms with Crippen molar-refractivity contribution in [2.75, 3.05) is 27.2 Å². The third-order valence-corrected chi connectivity index (χ3v) is 6.08. The Labute approximate surface area is 204 Å². The van der Waals surface area contributed by atoms with Gasteiger partial charge in [0.15, 0.2) is 0 Å². The van der Waals surface area contributed by atoms with Crippen LogP contribution in [-0.4, -0.2) is 59.9 Å². The molecule has 7 heteroatoms. The minimum absolute atomic E-state index is 0.0220. The van der Waals surface area contributed by atoms with Crippen LogP contribution in [0.2, 0.25) is 0 Å². The van der Waals surface area contributed by atoms with Crippen LogP contribution in [0.1, 0.15) is 43.0 Å². The van der Waals surface area contributed by atoms with Crippen molar-refractivity contribution in [3.05, 3.63) is 69.2 Å². The Kier molecular flexibility index (Phi) is 7.97. The number of aryl methyl sites for hydroxylation is 1. The van der Waals surface area contributed by atoms with E-state index in [1.807, 2.05) is 70.1 Å². The number of ether oxygens (including phenoxy) is 1. The van der Waals surface area contributed by atoms with Gasteiger partial charge in [-0.3, -0.25) is 9.59 Å². The number of aliphatic hydroxyl groups is 1. The second-order valence-electron chi connectivity index (χ2n) is 8.84. The molecule has 2 aromatic carbocycles. The number of carbonyl (C=O) groups excluding carboxylic acids is 2. The maximum Gasteiger partial charge on any atom is 0.295 e. The monoisotopic (exact) mass is 514 g/mol. The molecule has 6 nitrogen and oxygen atoms in total. The average molecular weight is 515 g/mol. The largest absolute Gasteiger partial charge is 0.507 e. The van der Waals surface area contributed by atoms with Crippen LogP contribution < -0.4 is 4.74 Å². The first-order valence-electron chi connectivity index (χ1n) is 11.1. The summed E-state index contributed by atoms with van der Waals surface area (Å²) in [5.74, 6) is -0.717. The van der Waals surface area contributed by atoms with Crippen LogP contribution >= 0.6 is 15.9 Å². The fraction of sp³-hybridized carbons (Fsp3) is 0.385. The van der Waals surface area contributed by atoms with E-state index in [0.29, 0.717) is 24.3 Å². The van der Waals surface area contributed by atoms with Crippen molar-refractivity contribution in [3.8, 4) is 5.75 Å². The van der Waals surface area contributed by atoms with Gasteiger partial charge in [0.05, 0.1) is 17.7 Å². The topological polar surface area (TPSA) is 70.1 Å². The SMILES string of the molecule is Cc1cc(OC(C)C)ccc1C(O)=C1C(=O)C(=O)N(CCCN(C)C)C1c1ccc(Br)cc1. The number of hydrogen-bond acceptors (Lipinski definition) is 5. The summed E-state index contributed by atoms with van der Waals surface area (Å²) < 4.78 is 6.64. The molecule has 1 N–H and O–H groups in total. The smallest absolute Gasteiger partial charge is 0.295 e. The van der Waals surface area contributed by atoms with E-state index in [0.717, 1.165) is 22.1 Å². The highest BCUT2D eigenvalue weighted by molar-refractivity contribution is 9.10. The lowest BCUT2D eigenvalue weighted by atomic mass is 9.94. The van der Waals surface area contributed by atoms with Crippen molar-refractivity contribution < 1.29 is 19.4 Å². The van der Waals surface area contributed by atoms with Crippen LogP contribution in [0.15, 0.2) is 52.5 Å². The summed E-state index contributed by atoms with van der Waals surface area (Å²) in [7, 11) is 3.94. The lowest BCUT2D eigenvalue weighted by molar-refractivity contribution is -0.139. The van der Waals surface area contributed by atoms with Crippen molar-refractivity contribution in [1.29, 1.82) is 0 Å². The molecule has 1 amide bonds. The van der Waals surface area contributed by atoms with Gasteiger partial charge in [-0.1, -0.05) is 28.1 Å². The fourth-order valence-electron chi connectivity index (χ4n) is 4.05. The molecule has 176 valence electrons. The van der Waals surface area contributed by atoms with E-state index < -0.39 is 17.7 Å². The van der Waals surface area contributed by atoms with Crippen LogP contribution in [0.4, 0.5) is 0 Å². The molecule has 1 unspecified atom stereocenters. The Morgan fingerprint density at radius 2 is 1.82 bits per heavy atom. The summed E-state index contributed by atoms with van der Waals surface area (Å²) in [5, 5.41) is 11.3. The number of halogens is 1. The quantitative estimate of drug-likeness (QED) is 0.307. The van der Waals surface area contributed by atoms with Crippen molar-refractivity contribution in [3.63, 3.8) is 0 Å². The second-order valence-corrected chi connectivity index (χ2v) is 9.76. The van der Waals surface area contributed by atoms with Gasteiger partial charge < -0.3 is 19.6 Å². The molecule has 0 radical (unpaired) electrons. The molecule has 0 aromatic heterocycles.